The molecule has 0 aliphatic heterocycles. The summed E-state index contributed by atoms with van der Waals surface area (Å²) in [6, 6.07) is 3.85. The quantitative estimate of drug-likeness (QED) is 0.446. The van der Waals surface area contributed by atoms with Gasteiger partial charge in [-0.1, -0.05) is 63.5 Å². The fourth-order valence-electron chi connectivity index (χ4n) is 2.20. The molecule has 0 fully saturated rings. The minimum absolute atomic E-state index is 0.565. The number of rotatable bonds is 10. The van der Waals surface area contributed by atoms with E-state index in [1.54, 1.807) is 0 Å². The third-order valence-corrected chi connectivity index (χ3v) is 3.61. The number of nitrogens with zero attached hydrogens (tertiary/aromatic N) is 1. The Kier molecular flexibility index (Phi) is 8.64. The van der Waals surface area contributed by atoms with Crippen LogP contribution in [-0.2, 0) is 0 Å². The average molecular weight is 283 g/mol. The summed E-state index contributed by atoms with van der Waals surface area (Å²) < 4.78 is 0. The van der Waals surface area contributed by atoms with Crippen LogP contribution in [0.15, 0.2) is 12.1 Å². The van der Waals surface area contributed by atoms with Crippen molar-refractivity contribution in [3.05, 3.63) is 23.0 Å². The number of hydrogen-bond donors (Lipinski definition) is 1. The van der Waals surface area contributed by atoms with Gasteiger partial charge in [0.15, 0.2) is 0 Å². The predicted octanol–water partition coefficient (Wildman–Crippen LogP) is 5.60. The van der Waals surface area contributed by atoms with Crippen LogP contribution in [0.2, 0.25) is 5.15 Å². The monoisotopic (exact) mass is 282 g/mol. The number of hydrogen-bond acceptors (Lipinski definition) is 2. The number of halogens is 1. The van der Waals surface area contributed by atoms with Crippen LogP contribution < -0.4 is 5.32 Å². The number of anilines is 1. The van der Waals surface area contributed by atoms with Crippen molar-refractivity contribution in [1.29, 1.82) is 0 Å². The van der Waals surface area contributed by atoms with Gasteiger partial charge in [-0.05, 0) is 25.5 Å². The number of aryl methyl sites for hydroxylation is 1. The topological polar surface area (TPSA) is 24.9 Å². The second-order valence-corrected chi connectivity index (χ2v) is 5.56. The zero-order valence-corrected chi connectivity index (χ0v) is 13.1. The maximum absolute atomic E-state index is 5.83. The van der Waals surface area contributed by atoms with Gasteiger partial charge in [0.05, 0.1) is 11.4 Å². The third-order valence-electron chi connectivity index (χ3n) is 3.40. The molecule has 0 saturated carbocycles. The van der Waals surface area contributed by atoms with E-state index in [4.69, 9.17) is 11.6 Å². The molecule has 1 aromatic rings. The first kappa shape index (κ1) is 16.3. The Morgan fingerprint density at radius 2 is 1.63 bits per heavy atom. The van der Waals surface area contributed by atoms with Gasteiger partial charge in [0, 0.05) is 6.54 Å². The predicted molar refractivity (Wildman–Crippen MR) is 85.1 cm³/mol. The first-order valence-electron chi connectivity index (χ1n) is 7.61. The Hall–Kier alpha value is -0.760. The molecule has 0 aliphatic carbocycles. The molecule has 3 heteroatoms. The molecule has 108 valence electrons. The largest absolute Gasteiger partial charge is 0.384 e. The average Bonchev–Trinajstić information content (AvgIpc) is 2.39. The van der Waals surface area contributed by atoms with Crippen LogP contribution in [0, 0.1) is 6.92 Å². The number of aromatic nitrogens is 1. The van der Waals surface area contributed by atoms with Gasteiger partial charge in [-0.25, -0.2) is 4.98 Å². The van der Waals surface area contributed by atoms with Crippen LogP contribution in [-0.4, -0.2) is 11.5 Å². The lowest BCUT2D eigenvalue weighted by Gasteiger charge is -2.08. The normalized spacial score (nSPS) is 10.7. The van der Waals surface area contributed by atoms with Crippen molar-refractivity contribution in [2.45, 2.75) is 65.2 Å². The fraction of sp³-hybridized carbons (Fsp3) is 0.688. The van der Waals surface area contributed by atoms with Crippen LogP contribution in [0.1, 0.15) is 64.0 Å². The molecular formula is C16H27ClN2. The second kappa shape index (κ2) is 10.1. The van der Waals surface area contributed by atoms with Gasteiger partial charge < -0.3 is 5.32 Å². The molecule has 1 aromatic heterocycles. The smallest absolute Gasteiger partial charge is 0.129 e. The molecule has 2 nitrogen and oxygen atoms in total. The van der Waals surface area contributed by atoms with E-state index in [0.717, 1.165) is 17.9 Å². The molecule has 0 spiro atoms. The lowest BCUT2D eigenvalue weighted by Crippen LogP contribution is -2.03. The maximum atomic E-state index is 5.83. The molecule has 0 unspecified atom stereocenters. The van der Waals surface area contributed by atoms with E-state index in [1.807, 2.05) is 19.1 Å². The zero-order valence-electron chi connectivity index (χ0n) is 12.3. The van der Waals surface area contributed by atoms with Gasteiger partial charge in [0.1, 0.15) is 5.15 Å². The highest BCUT2D eigenvalue weighted by Gasteiger charge is 1.99. The second-order valence-electron chi connectivity index (χ2n) is 5.17. The standard InChI is InChI=1S/C16H27ClN2/c1-3-4-5-6-7-8-9-10-13-18-15-11-12-16(17)19-14(15)2/h11-12,18H,3-10,13H2,1-2H3. The molecule has 1 heterocycles. The van der Waals surface area contributed by atoms with E-state index in [2.05, 4.69) is 17.2 Å². The molecule has 0 aliphatic rings. The van der Waals surface area contributed by atoms with E-state index in [9.17, 15) is 0 Å². The minimum Gasteiger partial charge on any atom is -0.384 e. The van der Waals surface area contributed by atoms with Gasteiger partial charge >= 0.3 is 0 Å². The Balaban J connectivity index is 2.01. The van der Waals surface area contributed by atoms with Crippen LogP contribution in [0.25, 0.3) is 0 Å². The molecule has 0 bridgehead atoms. The van der Waals surface area contributed by atoms with Crippen LogP contribution in [0.5, 0.6) is 0 Å². The van der Waals surface area contributed by atoms with Gasteiger partial charge in [0.25, 0.3) is 0 Å². The Morgan fingerprint density at radius 3 is 2.26 bits per heavy atom. The van der Waals surface area contributed by atoms with Crippen molar-refractivity contribution in [1.82, 2.24) is 4.98 Å². The minimum atomic E-state index is 0.565. The highest BCUT2D eigenvalue weighted by Crippen LogP contribution is 2.16. The molecule has 19 heavy (non-hydrogen) atoms. The molecule has 1 rings (SSSR count). The van der Waals surface area contributed by atoms with E-state index in [1.165, 1.54) is 51.4 Å². The van der Waals surface area contributed by atoms with Crippen LogP contribution >= 0.6 is 11.6 Å². The van der Waals surface area contributed by atoms with E-state index in [0.29, 0.717) is 5.15 Å². The van der Waals surface area contributed by atoms with Crippen molar-refractivity contribution in [2.24, 2.45) is 0 Å². The molecule has 0 saturated heterocycles. The molecule has 0 aromatic carbocycles. The first-order chi connectivity index (χ1) is 9.24. The summed E-state index contributed by atoms with van der Waals surface area (Å²) >= 11 is 5.83. The lowest BCUT2D eigenvalue weighted by molar-refractivity contribution is 0.581. The lowest BCUT2D eigenvalue weighted by atomic mass is 10.1. The molecule has 1 N–H and O–H groups in total. The summed E-state index contributed by atoms with van der Waals surface area (Å²) in [6.45, 7) is 5.28. The van der Waals surface area contributed by atoms with Gasteiger partial charge in [0.2, 0.25) is 0 Å². The van der Waals surface area contributed by atoms with Crippen molar-refractivity contribution in [3.63, 3.8) is 0 Å². The van der Waals surface area contributed by atoms with E-state index in [-0.39, 0.29) is 0 Å². The first-order valence-corrected chi connectivity index (χ1v) is 7.99. The summed E-state index contributed by atoms with van der Waals surface area (Å²) in [4.78, 5) is 4.23. The van der Waals surface area contributed by atoms with Crippen molar-refractivity contribution >= 4 is 17.3 Å². The van der Waals surface area contributed by atoms with E-state index < -0.39 is 0 Å². The van der Waals surface area contributed by atoms with Gasteiger partial charge in [-0.3, -0.25) is 0 Å². The summed E-state index contributed by atoms with van der Waals surface area (Å²) in [5.74, 6) is 0. The summed E-state index contributed by atoms with van der Waals surface area (Å²) in [6.07, 6.45) is 10.8. The Morgan fingerprint density at radius 1 is 1.00 bits per heavy atom. The maximum Gasteiger partial charge on any atom is 0.129 e. The van der Waals surface area contributed by atoms with Crippen LogP contribution in [0.4, 0.5) is 5.69 Å². The highest BCUT2D eigenvalue weighted by atomic mass is 35.5. The Labute approximate surface area is 123 Å². The van der Waals surface area contributed by atoms with Crippen molar-refractivity contribution in [3.8, 4) is 0 Å². The van der Waals surface area contributed by atoms with Crippen molar-refractivity contribution in [2.75, 3.05) is 11.9 Å². The number of nitrogens with one attached hydrogen (secondary N) is 1. The number of pyridine rings is 1. The molecule has 0 atom stereocenters. The summed E-state index contributed by atoms with van der Waals surface area (Å²) in [5, 5.41) is 4.00. The molecule has 0 radical (unpaired) electrons. The number of unbranched alkanes of at least 4 members (excludes halogenated alkanes) is 7. The van der Waals surface area contributed by atoms with Crippen molar-refractivity contribution < 1.29 is 0 Å². The fourth-order valence-corrected chi connectivity index (χ4v) is 2.39. The molecule has 0 amide bonds. The van der Waals surface area contributed by atoms with E-state index >= 15 is 0 Å². The van der Waals surface area contributed by atoms with Gasteiger partial charge in [-0.2, -0.15) is 0 Å². The molecular weight excluding hydrogens is 256 g/mol. The zero-order chi connectivity index (χ0) is 13.9. The van der Waals surface area contributed by atoms with Crippen LogP contribution in [0.3, 0.4) is 0 Å². The Bertz CT molecular complexity index is 353. The third kappa shape index (κ3) is 7.41. The van der Waals surface area contributed by atoms with Gasteiger partial charge in [-0.15, -0.1) is 0 Å². The SMILES string of the molecule is CCCCCCCCCCNc1ccc(Cl)nc1C. The highest BCUT2D eigenvalue weighted by molar-refractivity contribution is 6.29. The summed E-state index contributed by atoms with van der Waals surface area (Å²) in [5.41, 5.74) is 2.08. The summed E-state index contributed by atoms with van der Waals surface area (Å²) in [7, 11) is 0.